The van der Waals surface area contributed by atoms with Crippen molar-refractivity contribution in [3.63, 3.8) is 0 Å². The Morgan fingerprint density at radius 1 is 1.14 bits per heavy atom. The molecule has 180 valence electrons. The molecule has 0 spiro atoms. The lowest BCUT2D eigenvalue weighted by Crippen LogP contribution is -2.42. The number of imidazole rings is 1. The molecule has 10 heteroatoms. The lowest BCUT2D eigenvalue weighted by atomic mass is 10.1. The maximum absolute atomic E-state index is 13.7. The first-order valence-corrected chi connectivity index (χ1v) is 11.3. The van der Waals surface area contributed by atoms with Gasteiger partial charge in [-0.05, 0) is 60.9 Å². The van der Waals surface area contributed by atoms with Crippen molar-refractivity contribution in [1.29, 1.82) is 0 Å². The molecule has 0 aliphatic carbocycles. The highest BCUT2D eigenvalue weighted by atomic mass is 19.1. The van der Waals surface area contributed by atoms with Gasteiger partial charge in [0.05, 0.1) is 17.2 Å². The number of halogens is 1. The van der Waals surface area contributed by atoms with Crippen LogP contribution in [0.25, 0.3) is 16.7 Å². The molecule has 3 N–H and O–H groups in total. The minimum Gasteiger partial charge on any atom is -0.489 e. The van der Waals surface area contributed by atoms with Crippen LogP contribution in [0.3, 0.4) is 0 Å². The van der Waals surface area contributed by atoms with Crippen molar-refractivity contribution in [3.05, 3.63) is 82.7 Å². The molecule has 9 nitrogen and oxygen atoms in total. The second-order valence-corrected chi connectivity index (χ2v) is 8.49. The topological polar surface area (TPSA) is 116 Å². The van der Waals surface area contributed by atoms with Crippen LogP contribution in [0.5, 0.6) is 5.75 Å². The summed E-state index contributed by atoms with van der Waals surface area (Å²) in [6, 6.07) is 14.5. The highest BCUT2D eigenvalue weighted by Gasteiger charge is 2.29. The van der Waals surface area contributed by atoms with Crippen LogP contribution in [0.15, 0.2) is 65.6 Å². The average Bonchev–Trinajstić information content (AvgIpc) is 3.17. The van der Waals surface area contributed by atoms with Gasteiger partial charge in [0, 0.05) is 19.3 Å². The number of ether oxygens (including phenoxy) is 1. The molecule has 5 rings (SSSR count). The van der Waals surface area contributed by atoms with Gasteiger partial charge in [-0.1, -0.05) is 12.1 Å². The van der Waals surface area contributed by atoms with Crippen LogP contribution in [-0.2, 0) is 6.61 Å². The molecule has 0 saturated carbocycles. The number of hydrogen-bond donors (Lipinski definition) is 2. The van der Waals surface area contributed by atoms with Crippen molar-refractivity contribution in [2.24, 2.45) is 0 Å². The first-order chi connectivity index (χ1) is 16.9. The van der Waals surface area contributed by atoms with Gasteiger partial charge in [-0.2, -0.15) is 0 Å². The maximum Gasteiger partial charge on any atom is 0.407 e. The van der Waals surface area contributed by atoms with E-state index in [1.54, 1.807) is 53.2 Å². The molecule has 1 aliphatic rings. The fraction of sp³-hybridized carbons (Fsp3) is 0.240. The molecule has 1 atom stereocenters. The molecule has 0 radical (unpaired) electrons. The molecule has 1 fully saturated rings. The number of piperidine rings is 1. The van der Waals surface area contributed by atoms with E-state index < -0.39 is 6.09 Å². The standard InChI is InChI=1S/C25H24FN5O4/c26-17-5-3-16(4-6-17)15-35-20-9-7-18(8-10-20)31-22-21(11-12-28-23(22)27)30(24(31)32)19-2-1-13-29(14-19)25(33)34/h3-12,19H,1-2,13-15H2,(H2,27,28)(H,33,34)/t19-/m1/s1. The summed E-state index contributed by atoms with van der Waals surface area (Å²) in [5.41, 5.74) is 8.38. The van der Waals surface area contributed by atoms with Crippen molar-refractivity contribution < 1.29 is 19.0 Å². The third-order valence-electron chi connectivity index (χ3n) is 6.26. The van der Waals surface area contributed by atoms with Crippen LogP contribution in [-0.4, -0.2) is 43.3 Å². The number of anilines is 1. The number of nitrogens with two attached hydrogens (primary N) is 1. The number of amides is 1. The van der Waals surface area contributed by atoms with Crippen LogP contribution in [0.1, 0.15) is 24.4 Å². The monoisotopic (exact) mass is 477 g/mol. The van der Waals surface area contributed by atoms with Gasteiger partial charge in [-0.3, -0.25) is 9.13 Å². The number of nitrogens with zero attached hydrogens (tertiary/aromatic N) is 4. The van der Waals surface area contributed by atoms with E-state index in [-0.39, 0.29) is 36.5 Å². The van der Waals surface area contributed by atoms with Crippen LogP contribution in [0.2, 0.25) is 0 Å². The smallest absolute Gasteiger partial charge is 0.407 e. The molecule has 0 bridgehead atoms. The molecule has 2 aromatic heterocycles. The van der Waals surface area contributed by atoms with Crippen molar-refractivity contribution in [1.82, 2.24) is 19.0 Å². The van der Waals surface area contributed by atoms with Gasteiger partial charge in [0.1, 0.15) is 29.5 Å². The quantitative estimate of drug-likeness (QED) is 0.452. The summed E-state index contributed by atoms with van der Waals surface area (Å²) in [5.74, 6) is 0.492. The summed E-state index contributed by atoms with van der Waals surface area (Å²) in [5, 5.41) is 9.44. The summed E-state index contributed by atoms with van der Waals surface area (Å²) < 4.78 is 22.0. The predicted octanol–water partition coefficient (Wildman–Crippen LogP) is 3.80. The first-order valence-electron chi connectivity index (χ1n) is 11.3. The molecule has 0 unspecified atom stereocenters. The second-order valence-electron chi connectivity index (χ2n) is 8.49. The molecule has 4 aromatic rings. The summed E-state index contributed by atoms with van der Waals surface area (Å²) >= 11 is 0. The lowest BCUT2D eigenvalue weighted by Gasteiger charge is -2.31. The van der Waals surface area contributed by atoms with Gasteiger partial charge in [-0.25, -0.2) is 19.0 Å². The number of pyridine rings is 1. The molecule has 1 aliphatic heterocycles. The Labute approximate surface area is 199 Å². The summed E-state index contributed by atoms with van der Waals surface area (Å²) in [6.07, 6.45) is 1.89. The minimum absolute atomic E-state index is 0.209. The Bertz CT molecular complexity index is 1430. The Balaban J connectivity index is 1.48. The number of likely N-dealkylation sites (tertiary alicyclic amines) is 1. The largest absolute Gasteiger partial charge is 0.489 e. The highest BCUT2D eigenvalue weighted by molar-refractivity contribution is 5.87. The van der Waals surface area contributed by atoms with Crippen LogP contribution in [0, 0.1) is 5.82 Å². The summed E-state index contributed by atoms with van der Waals surface area (Å²) in [6.45, 7) is 0.951. The van der Waals surface area contributed by atoms with Gasteiger partial charge in [0.15, 0.2) is 0 Å². The Kier molecular flexibility index (Phi) is 5.86. The molecule has 3 heterocycles. The number of benzene rings is 2. The van der Waals surface area contributed by atoms with Crippen LogP contribution < -0.4 is 16.2 Å². The zero-order valence-corrected chi connectivity index (χ0v) is 18.8. The third kappa shape index (κ3) is 4.30. The van der Waals surface area contributed by atoms with E-state index in [0.29, 0.717) is 41.9 Å². The number of aromatic nitrogens is 3. The molecule has 2 aromatic carbocycles. The number of hydrogen-bond acceptors (Lipinski definition) is 5. The summed E-state index contributed by atoms with van der Waals surface area (Å²) in [4.78, 5) is 30.7. The molecule has 35 heavy (non-hydrogen) atoms. The third-order valence-corrected chi connectivity index (χ3v) is 6.26. The number of carbonyl (C=O) groups is 1. The van der Waals surface area contributed by atoms with Crippen molar-refractivity contribution in [3.8, 4) is 11.4 Å². The Morgan fingerprint density at radius 2 is 1.89 bits per heavy atom. The van der Waals surface area contributed by atoms with Gasteiger partial charge in [0.2, 0.25) is 0 Å². The lowest BCUT2D eigenvalue weighted by molar-refractivity contribution is 0.121. The van der Waals surface area contributed by atoms with Gasteiger partial charge >= 0.3 is 11.8 Å². The van der Waals surface area contributed by atoms with Crippen molar-refractivity contribution in [2.75, 3.05) is 18.8 Å². The summed E-state index contributed by atoms with van der Waals surface area (Å²) in [7, 11) is 0. The van der Waals surface area contributed by atoms with E-state index in [2.05, 4.69) is 4.98 Å². The Hall–Kier alpha value is -4.34. The fourth-order valence-corrected chi connectivity index (χ4v) is 4.56. The molecular formula is C25H24FN5O4. The zero-order chi connectivity index (χ0) is 24.5. The SMILES string of the molecule is Nc1nccc2c1n(-c1ccc(OCc3ccc(F)cc3)cc1)c(=O)n2[C@@H]1CCCN(C(=O)O)C1. The number of nitrogen functional groups attached to an aromatic ring is 1. The number of fused-ring (bicyclic) bond motifs is 1. The predicted molar refractivity (Wildman–Crippen MR) is 128 cm³/mol. The van der Waals surface area contributed by atoms with E-state index in [1.165, 1.54) is 21.6 Å². The van der Waals surface area contributed by atoms with E-state index in [9.17, 15) is 19.1 Å². The molecule has 1 saturated heterocycles. The van der Waals surface area contributed by atoms with Gasteiger partial charge in [-0.15, -0.1) is 0 Å². The van der Waals surface area contributed by atoms with Gasteiger partial charge in [0.25, 0.3) is 0 Å². The molecule has 1 amide bonds. The van der Waals surface area contributed by atoms with Crippen LogP contribution in [0.4, 0.5) is 15.0 Å². The van der Waals surface area contributed by atoms with Crippen molar-refractivity contribution >= 4 is 22.9 Å². The zero-order valence-electron chi connectivity index (χ0n) is 18.8. The number of rotatable bonds is 5. The van der Waals surface area contributed by atoms with Gasteiger partial charge < -0.3 is 20.5 Å². The van der Waals surface area contributed by atoms with E-state index >= 15 is 0 Å². The highest BCUT2D eigenvalue weighted by Crippen LogP contribution is 2.29. The first kappa shape index (κ1) is 22.5. The van der Waals surface area contributed by atoms with E-state index in [1.807, 2.05) is 0 Å². The van der Waals surface area contributed by atoms with E-state index in [0.717, 1.165) is 5.56 Å². The molecular weight excluding hydrogens is 453 g/mol. The fourth-order valence-electron chi connectivity index (χ4n) is 4.56. The minimum atomic E-state index is -0.996. The maximum atomic E-state index is 13.7. The Morgan fingerprint density at radius 3 is 2.60 bits per heavy atom. The normalized spacial score (nSPS) is 15.9. The number of carboxylic acid groups (broad SMARTS) is 1. The second kappa shape index (κ2) is 9.13. The van der Waals surface area contributed by atoms with E-state index in [4.69, 9.17) is 10.5 Å². The van der Waals surface area contributed by atoms with Crippen LogP contribution >= 0.6 is 0 Å². The average molecular weight is 477 g/mol. The van der Waals surface area contributed by atoms with Crippen molar-refractivity contribution in [2.45, 2.75) is 25.5 Å².